The molecule has 76 valence electrons. The molecule has 0 saturated heterocycles. The first-order valence-electron chi connectivity index (χ1n) is 4.41. The van der Waals surface area contributed by atoms with Crippen LogP contribution < -0.4 is 0 Å². The van der Waals surface area contributed by atoms with Crippen molar-refractivity contribution in [2.45, 2.75) is 18.9 Å². The number of rotatable bonds is 4. The Balaban J connectivity index is 2.81. The second-order valence-electron chi connectivity index (χ2n) is 3.40. The Bertz CT molecular complexity index is 308. The average Bonchev–Trinajstić information content (AvgIpc) is 2.19. The van der Waals surface area contributed by atoms with Crippen molar-refractivity contribution >= 4 is 5.97 Å². The first kappa shape index (κ1) is 10.7. The van der Waals surface area contributed by atoms with Crippen LogP contribution in [0.2, 0.25) is 0 Å². The summed E-state index contributed by atoms with van der Waals surface area (Å²) in [6, 6.07) is 9.44. The number of hydrogen-bond donors (Lipinski definition) is 1. The normalized spacial score (nSPS) is 14.7. The van der Waals surface area contributed by atoms with Gasteiger partial charge in [0.1, 0.15) is 0 Å². The molecular weight excluding hydrogens is 180 g/mol. The number of hydrogen-bond acceptors (Lipinski definition) is 2. The van der Waals surface area contributed by atoms with Gasteiger partial charge in [0.05, 0.1) is 0 Å². The largest absolute Gasteiger partial charge is 0.479 e. The minimum atomic E-state index is -1.14. The second-order valence-corrected chi connectivity index (χ2v) is 3.40. The van der Waals surface area contributed by atoms with Crippen molar-refractivity contribution in [3.63, 3.8) is 0 Å². The van der Waals surface area contributed by atoms with Crippen molar-refractivity contribution in [2.75, 3.05) is 7.11 Å². The fraction of sp³-hybridized carbons (Fsp3) is 0.364. The maximum atomic E-state index is 10.9. The summed E-state index contributed by atoms with van der Waals surface area (Å²) in [5, 5.41) is 8.97. The Morgan fingerprint density at radius 1 is 1.43 bits per heavy atom. The first-order chi connectivity index (χ1) is 6.58. The zero-order valence-corrected chi connectivity index (χ0v) is 8.36. The lowest BCUT2D eigenvalue weighted by atomic mass is 9.96. The molecule has 0 saturated carbocycles. The molecule has 0 heterocycles. The monoisotopic (exact) mass is 194 g/mol. The van der Waals surface area contributed by atoms with E-state index >= 15 is 0 Å². The number of aliphatic carboxylic acids is 1. The van der Waals surface area contributed by atoms with Crippen LogP contribution in [0.3, 0.4) is 0 Å². The summed E-state index contributed by atoms with van der Waals surface area (Å²) in [5.41, 5.74) is -0.180. The SMILES string of the molecule is CO[C@](C)(Cc1ccccc1)C(=O)O. The predicted octanol–water partition coefficient (Wildman–Crippen LogP) is 1.72. The molecule has 3 heteroatoms. The van der Waals surface area contributed by atoms with Crippen LogP contribution in [0.5, 0.6) is 0 Å². The van der Waals surface area contributed by atoms with Gasteiger partial charge < -0.3 is 9.84 Å². The van der Waals surface area contributed by atoms with Crippen LogP contribution in [0.15, 0.2) is 30.3 Å². The molecule has 14 heavy (non-hydrogen) atoms. The van der Waals surface area contributed by atoms with Crippen LogP contribution in [0.4, 0.5) is 0 Å². The molecule has 1 N–H and O–H groups in total. The fourth-order valence-corrected chi connectivity index (χ4v) is 1.22. The number of carboxylic acid groups (broad SMARTS) is 1. The molecule has 0 spiro atoms. The van der Waals surface area contributed by atoms with Gasteiger partial charge in [0, 0.05) is 13.5 Å². The molecule has 0 radical (unpaired) electrons. The molecule has 1 aromatic carbocycles. The van der Waals surface area contributed by atoms with E-state index in [2.05, 4.69) is 0 Å². The minimum absolute atomic E-state index is 0.375. The Morgan fingerprint density at radius 3 is 2.43 bits per heavy atom. The Morgan fingerprint density at radius 2 is 2.00 bits per heavy atom. The molecule has 3 nitrogen and oxygen atoms in total. The van der Waals surface area contributed by atoms with Gasteiger partial charge in [-0.2, -0.15) is 0 Å². The number of ether oxygens (including phenoxy) is 1. The van der Waals surface area contributed by atoms with Crippen LogP contribution in [0.1, 0.15) is 12.5 Å². The van der Waals surface area contributed by atoms with Gasteiger partial charge in [-0.25, -0.2) is 4.79 Å². The van der Waals surface area contributed by atoms with Crippen molar-refractivity contribution in [3.8, 4) is 0 Å². The molecular formula is C11H14O3. The van der Waals surface area contributed by atoms with E-state index in [-0.39, 0.29) is 0 Å². The van der Waals surface area contributed by atoms with Crippen molar-refractivity contribution in [3.05, 3.63) is 35.9 Å². The van der Waals surface area contributed by atoms with Gasteiger partial charge in [-0.05, 0) is 12.5 Å². The van der Waals surface area contributed by atoms with Crippen LogP contribution in [-0.4, -0.2) is 23.8 Å². The first-order valence-corrected chi connectivity index (χ1v) is 4.41. The second kappa shape index (κ2) is 4.24. The summed E-state index contributed by atoms with van der Waals surface area (Å²) in [6.07, 6.45) is 0.375. The van der Waals surface area contributed by atoms with E-state index in [1.165, 1.54) is 7.11 Å². The van der Waals surface area contributed by atoms with E-state index in [1.807, 2.05) is 30.3 Å². The van der Waals surface area contributed by atoms with Gasteiger partial charge in [0.2, 0.25) is 0 Å². The Kier molecular flexibility index (Phi) is 3.25. The van der Waals surface area contributed by atoms with Crippen LogP contribution in [0, 0.1) is 0 Å². The molecule has 1 atom stereocenters. The van der Waals surface area contributed by atoms with Crippen molar-refractivity contribution in [1.29, 1.82) is 0 Å². The van der Waals surface area contributed by atoms with Gasteiger partial charge in [-0.3, -0.25) is 0 Å². The maximum Gasteiger partial charge on any atom is 0.336 e. The molecule has 0 aliphatic carbocycles. The summed E-state index contributed by atoms with van der Waals surface area (Å²) in [6.45, 7) is 1.57. The summed E-state index contributed by atoms with van der Waals surface area (Å²) in [4.78, 5) is 10.9. The molecule has 1 aromatic rings. The molecule has 0 unspecified atom stereocenters. The van der Waals surface area contributed by atoms with Gasteiger partial charge in [0.25, 0.3) is 0 Å². The van der Waals surface area contributed by atoms with E-state index in [0.29, 0.717) is 6.42 Å². The van der Waals surface area contributed by atoms with Gasteiger partial charge in [-0.1, -0.05) is 30.3 Å². The standard InChI is InChI=1S/C11H14O3/c1-11(14-2,10(12)13)8-9-6-4-3-5-7-9/h3-7H,8H2,1-2H3,(H,12,13)/t11-/m1/s1. The number of carboxylic acids is 1. The molecule has 1 rings (SSSR count). The highest BCUT2D eigenvalue weighted by atomic mass is 16.5. The summed E-state index contributed by atoms with van der Waals surface area (Å²) >= 11 is 0. The van der Waals surface area contributed by atoms with Gasteiger partial charge >= 0.3 is 5.97 Å². The van der Waals surface area contributed by atoms with Crippen molar-refractivity contribution in [2.24, 2.45) is 0 Å². The highest BCUT2D eigenvalue weighted by molar-refractivity contribution is 5.77. The zero-order valence-electron chi connectivity index (χ0n) is 8.36. The van der Waals surface area contributed by atoms with Crippen molar-refractivity contribution in [1.82, 2.24) is 0 Å². The molecule has 0 fully saturated rings. The fourth-order valence-electron chi connectivity index (χ4n) is 1.22. The lowest BCUT2D eigenvalue weighted by molar-refractivity contribution is -0.159. The van der Waals surface area contributed by atoms with Crippen LogP contribution >= 0.6 is 0 Å². The quantitative estimate of drug-likeness (QED) is 0.793. The molecule has 0 bridgehead atoms. The molecule has 0 aromatic heterocycles. The third-order valence-electron chi connectivity index (χ3n) is 2.29. The average molecular weight is 194 g/mol. The van der Waals surface area contributed by atoms with E-state index in [1.54, 1.807) is 6.92 Å². The van der Waals surface area contributed by atoms with Crippen LogP contribution in [0.25, 0.3) is 0 Å². The highest BCUT2D eigenvalue weighted by Gasteiger charge is 2.32. The predicted molar refractivity (Wildman–Crippen MR) is 53.2 cm³/mol. The lowest BCUT2D eigenvalue weighted by Gasteiger charge is -2.22. The molecule has 0 amide bonds. The van der Waals surface area contributed by atoms with Gasteiger partial charge in [-0.15, -0.1) is 0 Å². The molecule has 0 aliphatic heterocycles. The topological polar surface area (TPSA) is 46.5 Å². The number of carbonyl (C=O) groups is 1. The summed E-state index contributed by atoms with van der Waals surface area (Å²) < 4.78 is 5.00. The van der Waals surface area contributed by atoms with E-state index in [9.17, 15) is 4.79 Å². The number of benzene rings is 1. The maximum absolute atomic E-state index is 10.9. The smallest absolute Gasteiger partial charge is 0.336 e. The van der Waals surface area contributed by atoms with Crippen molar-refractivity contribution < 1.29 is 14.6 Å². The number of methoxy groups -OCH3 is 1. The Hall–Kier alpha value is -1.35. The third kappa shape index (κ3) is 2.33. The molecule has 0 aliphatic rings. The minimum Gasteiger partial charge on any atom is -0.479 e. The summed E-state index contributed by atoms with van der Waals surface area (Å²) in [5.74, 6) is -0.941. The summed E-state index contributed by atoms with van der Waals surface area (Å²) in [7, 11) is 1.41. The highest BCUT2D eigenvalue weighted by Crippen LogP contribution is 2.16. The van der Waals surface area contributed by atoms with E-state index in [4.69, 9.17) is 9.84 Å². The third-order valence-corrected chi connectivity index (χ3v) is 2.29. The van der Waals surface area contributed by atoms with Crippen LogP contribution in [-0.2, 0) is 16.0 Å². The Labute approximate surface area is 83.3 Å². The van der Waals surface area contributed by atoms with E-state index < -0.39 is 11.6 Å². The van der Waals surface area contributed by atoms with E-state index in [0.717, 1.165) is 5.56 Å². The van der Waals surface area contributed by atoms with Gasteiger partial charge in [0.15, 0.2) is 5.60 Å². The zero-order chi connectivity index (χ0) is 10.6. The lowest BCUT2D eigenvalue weighted by Crippen LogP contribution is -2.39.